The lowest BCUT2D eigenvalue weighted by atomic mass is 10.3. The Labute approximate surface area is 112 Å². The normalized spacial score (nSPS) is 11.9. The van der Waals surface area contributed by atoms with Crippen molar-refractivity contribution in [2.24, 2.45) is 5.73 Å². The van der Waals surface area contributed by atoms with Gasteiger partial charge < -0.3 is 16.0 Å². The van der Waals surface area contributed by atoms with E-state index in [1.165, 1.54) is 6.33 Å². The van der Waals surface area contributed by atoms with Crippen LogP contribution in [0.1, 0.15) is 6.92 Å². The summed E-state index contributed by atoms with van der Waals surface area (Å²) in [5.41, 5.74) is 5.78. The average molecular weight is 258 g/mol. The molecule has 100 valence electrons. The van der Waals surface area contributed by atoms with Crippen LogP contribution in [0.2, 0.25) is 0 Å². The molecule has 2 rings (SSSR count). The lowest BCUT2D eigenvalue weighted by molar-refractivity contribution is 0.711. The molecule has 6 nitrogen and oxygen atoms in total. The highest BCUT2D eigenvalue weighted by Gasteiger charge is 2.06. The van der Waals surface area contributed by atoms with Crippen LogP contribution in [0.3, 0.4) is 0 Å². The number of aromatic nitrogens is 3. The highest BCUT2D eigenvalue weighted by Crippen LogP contribution is 2.16. The van der Waals surface area contributed by atoms with Gasteiger partial charge in [0, 0.05) is 31.9 Å². The van der Waals surface area contributed by atoms with E-state index in [9.17, 15) is 0 Å². The highest BCUT2D eigenvalue weighted by molar-refractivity contribution is 5.55. The Kier molecular flexibility index (Phi) is 4.25. The molecule has 0 fully saturated rings. The van der Waals surface area contributed by atoms with E-state index in [2.05, 4.69) is 20.3 Å². The van der Waals surface area contributed by atoms with Gasteiger partial charge in [-0.1, -0.05) is 6.07 Å². The van der Waals surface area contributed by atoms with Crippen LogP contribution < -0.4 is 16.0 Å². The second-order valence-corrected chi connectivity index (χ2v) is 4.46. The summed E-state index contributed by atoms with van der Waals surface area (Å²) in [4.78, 5) is 14.6. The Morgan fingerprint density at radius 1 is 1.26 bits per heavy atom. The van der Waals surface area contributed by atoms with Crippen molar-refractivity contribution in [2.45, 2.75) is 13.0 Å². The molecule has 1 atom stereocenters. The molecule has 1 unspecified atom stereocenters. The predicted molar refractivity (Wildman–Crippen MR) is 76.5 cm³/mol. The van der Waals surface area contributed by atoms with Crippen molar-refractivity contribution in [3.8, 4) is 0 Å². The Balaban J connectivity index is 2.11. The minimum Gasteiger partial charge on any atom is -0.358 e. The minimum atomic E-state index is 0.0900. The molecule has 2 aromatic rings. The Morgan fingerprint density at radius 2 is 2.11 bits per heavy atom. The van der Waals surface area contributed by atoms with Crippen LogP contribution >= 0.6 is 0 Å². The van der Waals surface area contributed by atoms with E-state index < -0.39 is 0 Å². The number of nitrogens with one attached hydrogen (secondary N) is 1. The van der Waals surface area contributed by atoms with Crippen LogP contribution in [-0.2, 0) is 0 Å². The molecule has 0 radical (unpaired) electrons. The summed E-state index contributed by atoms with van der Waals surface area (Å²) in [5.74, 6) is 2.29. The molecule has 2 heterocycles. The summed E-state index contributed by atoms with van der Waals surface area (Å²) in [6.45, 7) is 2.70. The van der Waals surface area contributed by atoms with Crippen LogP contribution in [0.5, 0.6) is 0 Å². The van der Waals surface area contributed by atoms with Crippen LogP contribution in [0.15, 0.2) is 36.8 Å². The average Bonchev–Trinajstić information content (AvgIpc) is 2.39. The first-order chi connectivity index (χ1) is 9.15. The maximum absolute atomic E-state index is 5.78. The van der Waals surface area contributed by atoms with Crippen LogP contribution in [0.25, 0.3) is 0 Å². The van der Waals surface area contributed by atoms with Crippen molar-refractivity contribution in [1.29, 1.82) is 0 Å². The third-order valence-electron chi connectivity index (χ3n) is 2.53. The monoisotopic (exact) mass is 258 g/mol. The van der Waals surface area contributed by atoms with Crippen molar-refractivity contribution < 1.29 is 0 Å². The molecule has 2 aromatic heterocycles. The molecule has 0 aromatic carbocycles. The second-order valence-electron chi connectivity index (χ2n) is 4.46. The molecule has 0 spiro atoms. The Hall–Kier alpha value is -2.21. The van der Waals surface area contributed by atoms with E-state index in [4.69, 9.17) is 5.73 Å². The van der Waals surface area contributed by atoms with Gasteiger partial charge in [-0.05, 0) is 19.1 Å². The molecule has 3 N–H and O–H groups in total. The van der Waals surface area contributed by atoms with Crippen LogP contribution in [0, 0.1) is 0 Å². The summed E-state index contributed by atoms with van der Waals surface area (Å²) in [6.07, 6.45) is 3.25. The van der Waals surface area contributed by atoms with E-state index in [-0.39, 0.29) is 6.04 Å². The summed E-state index contributed by atoms with van der Waals surface area (Å²) in [5, 5.41) is 3.13. The molecular formula is C13H18N6. The highest BCUT2D eigenvalue weighted by atomic mass is 15.2. The lowest BCUT2D eigenvalue weighted by Gasteiger charge is -2.20. The number of hydrogen-bond acceptors (Lipinski definition) is 6. The zero-order valence-corrected chi connectivity index (χ0v) is 11.1. The number of nitrogens with two attached hydrogens (primary N) is 1. The third-order valence-corrected chi connectivity index (χ3v) is 2.53. The molecule has 0 bridgehead atoms. The van der Waals surface area contributed by atoms with E-state index in [0.29, 0.717) is 5.82 Å². The first-order valence-electron chi connectivity index (χ1n) is 6.12. The summed E-state index contributed by atoms with van der Waals surface area (Å²) < 4.78 is 0. The molecule has 0 saturated carbocycles. The quantitative estimate of drug-likeness (QED) is 0.844. The zero-order valence-electron chi connectivity index (χ0n) is 11.1. The summed E-state index contributed by atoms with van der Waals surface area (Å²) in [7, 11) is 1.95. The van der Waals surface area contributed by atoms with Crippen LogP contribution in [-0.4, -0.2) is 34.6 Å². The van der Waals surface area contributed by atoms with Crippen LogP contribution in [0.4, 0.5) is 17.5 Å². The molecule has 0 saturated heterocycles. The van der Waals surface area contributed by atoms with Gasteiger partial charge in [-0.2, -0.15) is 0 Å². The van der Waals surface area contributed by atoms with Gasteiger partial charge in [-0.3, -0.25) is 0 Å². The number of anilines is 3. The van der Waals surface area contributed by atoms with Gasteiger partial charge in [0.1, 0.15) is 23.8 Å². The molecule has 0 aliphatic carbocycles. The number of pyridine rings is 1. The molecular weight excluding hydrogens is 240 g/mol. The van der Waals surface area contributed by atoms with E-state index in [1.807, 2.05) is 43.1 Å². The number of likely N-dealkylation sites (N-methyl/N-ethyl adjacent to an activating group) is 1. The van der Waals surface area contributed by atoms with Gasteiger partial charge in [0.25, 0.3) is 0 Å². The Morgan fingerprint density at radius 3 is 2.79 bits per heavy atom. The SMILES string of the molecule is CC(N)CN(C)c1cc(Nc2ccccn2)ncn1. The van der Waals surface area contributed by atoms with Crippen molar-refractivity contribution >= 4 is 17.5 Å². The third kappa shape index (κ3) is 3.89. The number of rotatable bonds is 5. The predicted octanol–water partition coefficient (Wildman–Crippen LogP) is 1.40. The van der Waals surface area contributed by atoms with Crippen molar-refractivity contribution in [1.82, 2.24) is 15.0 Å². The molecule has 6 heteroatoms. The minimum absolute atomic E-state index is 0.0900. The van der Waals surface area contributed by atoms with E-state index in [1.54, 1.807) is 6.20 Å². The van der Waals surface area contributed by atoms with Crippen molar-refractivity contribution in [3.63, 3.8) is 0 Å². The molecule has 0 aliphatic heterocycles. The van der Waals surface area contributed by atoms with E-state index in [0.717, 1.165) is 18.2 Å². The van der Waals surface area contributed by atoms with Gasteiger partial charge in [0.05, 0.1) is 0 Å². The van der Waals surface area contributed by atoms with Gasteiger partial charge in [-0.25, -0.2) is 15.0 Å². The first-order valence-corrected chi connectivity index (χ1v) is 6.12. The number of nitrogens with zero attached hydrogens (tertiary/aromatic N) is 4. The van der Waals surface area contributed by atoms with Gasteiger partial charge in [0.2, 0.25) is 0 Å². The standard InChI is InChI=1S/C13H18N6/c1-10(14)8-19(2)13-7-12(16-9-17-13)18-11-5-3-4-6-15-11/h3-7,9-10H,8,14H2,1-2H3,(H,15,16,17,18). The van der Waals surface area contributed by atoms with Crippen molar-refractivity contribution in [3.05, 3.63) is 36.8 Å². The Bertz CT molecular complexity index is 514. The first kappa shape index (κ1) is 13.2. The van der Waals surface area contributed by atoms with E-state index >= 15 is 0 Å². The van der Waals surface area contributed by atoms with Gasteiger partial charge in [0.15, 0.2) is 0 Å². The maximum Gasteiger partial charge on any atom is 0.137 e. The molecule has 19 heavy (non-hydrogen) atoms. The fourth-order valence-electron chi connectivity index (χ4n) is 1.72. The molecule has 0 amide bonds. The molecule has 0 aliphatic rings. The fourth-order valence-corrected chi connectivity index (χ4v) is 1.72. The second kappa shape index (κ2) is 6.10. The maximum atomic E-state index is 5.78. The lowest BCUT2D eigenvalue weighted by Crippen LogP contribution is -2.33. The van der Waals surface area contributed by atoms with Crippen molar-refractivity contribution in [2.75, 3.05) is 23.8 Å². The largest absolute Gasteiger partial charge is 0.358 e. The number of hydrogen-bond donors (Lipinski definition) is 2. The van der Waals surface area contributed by atoms with Gasteiger partial charge in [-0.15, -0.1) is 0 Å². The van der Waals surface area contributed by atoms with Gasteiger partial charge >= 0.3 is 0 Å². The smallest absolute Gasteiger partial charge is 0.137 e. The zero-order chi connectivity index (χ0) is 13.7. The summed E-state index contributed by atoms with van der Waals surface area (Å²) >= 11 is 0. The topological polar surface area (TPSA) is 80.0 Å². The fraction of sp³-hybridized carbons (Fsp3) is 0.308. The summed E-state index contributed by atoms with van der Waals surface area (Å²) in [6, 6.07) is 7.63.